The van der Waals surface area contributed by atoms with E-state index in [9.17, 15) is 4.79 Å². The predicted octanol–water partition coefficient (Wildman–Crippen LogP) is 3.34. The zero-order valence-corrected chi connectivity index (χ0v) is 13.7. The van der Waals surface area contributed by atoms with Crippen molar-refractivity contribution >= 4 is 5.97 Å². The number of hydrogen-bond acceptors (Lipinski definition) is 4. The highest BCUT2D eigenvalue weighted by atomic mass is 16.6. The van der Waals surface area contributed by atoms with Gasteiger partial charge >= 0.3 is 5.97 Å². The molecule has 122 valence electrons. The van der Waals surface area contributed by atoms with Gasteiger partial charge in [0.15, 0.2) is 0 Å². The Morgan fingerprint density at radius 3 is 2.64 bits per heavy atom. The summed E-state index contributed by atoms with van der Waals surface area (Å²) < 4.78 is 17.2. The van der Waals surface area contributed by atoms with Crippen molar-refractivity contribution in [3.8, 4) is 0 Å². The van der Waals surface area contributed by atoms with Gasteiger partial charge in [0.2, 0.25) is 0 Å². The second kappa shape index (κ2) is 8.30. The SMILES string of the molecule is CC[C@H]1O[C@@H](C)C(OC(C)=O)[C@H]1CCOCc1ccccc1. The van der Waals surface area contributed by atoms with Crippen molar-refractivity contribution in [2.24, 2.45) is 5.92 Å². The molecular formula is C18H26O4. The third-order valence-corrected chi connectivity index (χ3v) is 4.16. The van der Waals surface area contributed by atoms with Crippen LogP contribution in [0.25, 0.3) is 0 Å². The third kappa shape index (κ3) is 4.55. The zero-order chi connectivity index (χ0) is 15.9. The lowest BCUT2D eigenvalue weighted by Crippen LogP contribution is -2.32. The minimum Gasteiger partial charge on any atom is -0.459 e. The number of ether oxygens (including phenoxy) is 3. The molecule has 1 saturated heterocycles. The highest BCUT2D eigenvalue weighted by molar-refractivity contribution is 5.66. The van der Waals surface area contributed by atoms with Gasteiger partial charge in [-0.05, 0) is 25.3 Å². The van der Waals surface area contributed by atoms with Gasteiger partial charge in [-0.25, -0.2) is 0 Å². The molecule has 0 saturated carbocycles. The minimum atomic E-state index is -0.243. The fourth-order valence-corrected chi connectivity index (χ4v) is 3.12. The molecular weight excluding hydrogens is 280 g/mol. The number of hydrogen-bond donors (Lipinski definition) is 0. The molecule has 0 amide bonds. The van der Waals surface area contributed by atoms with Crippen molar-refractivity contribution in [3.63, 3.8) is 0 Å². The molecule has 1 aliphatic rings. The Labute approximate surface area is 132 Å². The highest BCUT2D eigenvalue weighted by Crippen LogP contribution is 2.33. The summed E-state index contributed by atoms with van der Waals surface area (Å²) >= 11 is 0. The summed E-state index contributed by atoms with van der Waals surface area (Å²) in [6, 6.07) is 10.1. The van der Waals surface area contributed by atoms with E-state index in [4.69, 9.17) is 14.2 Å². The molecule has 22 heavy (non-hydrogen) atoms. The van der Waals surface area contributed by atoms with Gasteiger partial charge in [0.1, 0.15) is 6.10 Å². The lowest BCUT2D eigenvalue weighted by Gasteiger charge is -2.22. The number of benzene rings is 1. The van der Waals surface area contributed by atoms with Crippen LogP contribution in [-0.4, -0.2) is 30.9 Å². The second-order valence-corrected chi connectivity index (χ2v) is 5.85. The molecule has 1 heterocycles. The van der Waals surface area contributed by atoms with E-state index in [1.165, 1.54) is 12.5 Å². The van der Waals surface area contributed by atoms with Crippen molar-refractivity contribution < 1.29 is 19.0 Å². The molecule has 0 N–H and O–H groups in total. The molecule has 4 heteroatoms. The van der Waals surface area contributed by atoms with E-state index < -0.39 is 0 Å². The molecule has 1 unspecified atom stereocenters. The van der Waals surface area contributed by atoms with E-state index in [-0.39, 0.29) is 30.2 Å². The second-order valence-electron chi connectivity index (χ2n) is 5.85. The van der Waals surface area contributed by atoms with Gasteiger partial charge in [0, 0.05) is 19.4 Å². The van der Waals surface area contributed by atoms with Crippen LogP contribution in [0.3, 0.4) is 0 Å². The predicted molar refractivity (Wildman–Crippen MR) is 84.4 cm³/mol. The van der Waals surface area contributed by atoms with Gasteiger partial charge < -0.3 is 14.2 Å². The Morgan fingerprint density at radius 2 is 2.00 bits per heavy atom. The first-order valence-corrected chi connectivity index (χ1v) is 8.06. The maximum Gasteiger partial charge on any atom is 0.303 e. The van der Waals surface area contributed by atoms with Crippen LogP contribution >= 0.6 is 0 Å². The highest BCUT2D eigenvalue weighted by Gasteiger charge is 2.43. The van der Waals surface area contributed by atoms with E-state index in [0.717, 1.165) is 12.8 Å². The van der Waals surface area contributed by atoms with Gasteiger partial charge in [0.05, 0.1) is 18.8 Å². The summed E-state index contributed by atoms with van der Waals surface area (Å²) in [5.41, 5.74) is 1.17. The van der Waals surface area contributed by atoms with E-state index in [2.05, 4.69) is 19.1 Å². The number of carbonyl (C=O) groups excluding carboxylic acids is 1. The molecule has 1 fully saturated rings. The first-order valence-electron chi connectivity index (χ1n) is 8.06. The third-order valence-electron chi connectivity index (χ3n) is 4.16. The van der Waals surface area contributed by atoms with Crippen LogP contribution in [-0.2, 0) is 25.6 Å². The summed E-state index contributed by atoms with van der Waals surface area (Å²) in [5, 5.41) is 0. The van der Waals surface area contributed by atoms with Gasteiger partial charge in [-0.15, -0.1) is 0 Å². The Morgan fingerprint density at radius 1 is 1.27 bits per heavy atom. The number of rotatable bonds is 7. The smallest absolute Gasteiger partial charge is 0.303 e. The summed E-state index contributed by atoms with van der Waals surface area (Å²) in [6.07, 6.45) is 1.69. The van der Waals surface area contributed by atoms with Crippen LogP contribution in [0, 0.1) is 5.92 Å². The number of esters is 1. The van der Waals surface area contributed by atoms with Crippen LogP contribution in [0.2, 0.25) is 0 Å². The topological polar surface area (TPSA) is 44.8 Å². The van der Waals surface area contributed by atoms with Crippen LogP contribution in [0.1, 0.15) is 39.2 Å². The summed E-state index contributed by atoms with van der Waals surface area (Å²) in [7, 11) is 0. The fourth-order valence-electron chi connectivity index (χ4n) is 3.12. The molecule has 1 aromatic carbocycles. The first-order chi connectivity index (χ1) is 10.6. The summed E-state index contributed by atoms with van der Waals surface area (Å²) in [5.74, 6) is -0.0351. The summed E-state index contributed by atoms with van der Waals surface area (Å²) in [6.45, 7) is 6.78. The molecule has 4 nitrogen and oxygen atoms in total. The van der Waals surface area contributed by atoms with Crippen LogP contribution < -0.4 is 0 Å². The Kier molecular flexibility index (Phi) is 6.40. The van der Waals surface area contributed by atoms with Gasteiger partial charge in [-0.2, -0.15) is 0 Å². The molecule has 4 atom stereocenters. The largest absolute Gasteiger partial charge is 0.459 e. The van der Waals surface area contributed by atoms with Crippen LogP contribution in [0.5, 0.6) is 0 Å². The molecule has 1 aliphatic heterocycles. The van der Waals surface area contributed by atoms with Gasteiger partial charge in [-0.1, -0.05) is 37.3 Å². The lowest BCUT2D eigenvalue weighted by atomic mass is 9.92. The van der Waals surface area contributed by atoms with E-state index in [0.29, 0.717) is 13.2 Å². The van der Waals surface area contributed by atoms with Gasteiger partial charge in [-0.3, -0.25) is 4.79 Å². The average Bonchev–Trinajstić information content (AvgIpc) is 2.80. The molecule has 0 radical (unpaired) electrons. The molecule has 0 aromatic heterocycles. The maximum atomic E-state index is 11.3. The Bertz CT molecular complexity index is 459. The standard InChI is InChI=1S/C18H26O4/c1-4-17-16(18(13(2)21-17)22-14(3)19)10-11-20-12-15-8-6-5-7-9-15/h5-9,13,16-18H,4,10-12H2,1-3H3/t13-,16-,17+,18?/m0/s1. The molecule has 0 aliphatic carbocycles. The van der Waals surface area contributed by atoms with Crippen molar-refractivity contribution in [2.45, 2.75) is 58.5 Å². The molecule has 2 rings (SSSR count). The van der Waals surface area contributed by atoms with Gasteiger partial charge in [0.25, 0.3) is 0 Å². The Hall–Kier alpha value is -1.39. The van der Waals surface area contributed by atoms with Crippen molar-refractivity contribution in [2.75, 3.05) is 6.61 Å². The van der Waals surface area contributed by atoms with E-state index in [1.807, 2.05) is 25.1 Å². The average molecular weight is 306 g/mol. The fraction of sp³-hybridized carbons (Fsp3) is 0.611. The van der Waals surface area contributed by atoms with Crippen LogP contribution in [0.4, 0.5) is 0 Å². The van der Waals surface area contributed by atoms with E-state index in [1.54, 1.807) is 0 Å². The zero-order valence-electron chi connectivity index (χ0n) is 13.7. The molecule has 1 aromatic rings. The quantitative estimate of drug-likeness (QED) is 0.572. The lowest BCUT2D eigenvalue weighted by molar-refractivity contribution is -0.150. The summed E-state index contributed by atoms with van der Waals surface area (Å²) in [4.78, 5) is 11.3. The first kappa shape index (κ1) is 17.0. The monoisotopic (exact) mass is 306 g/mol. The Balaban J connectivity index is 1.83. The maximum absolute atomic E-state index is 11.3. The normalized spacial score (nSPS) is 27.8. The van der Waals surface area contributed by atoms with Crippen LogP contribution in [0.15, 0.2) is 30.3 Å². The minimum absolute atomic E-state index is 0.0482. The van der Waals surface area contributed by atoms with Crippen molar-refractivity contribution in [1.29, 1.82) is 0 Å². The number of carbonyl (C=O) groups is 1. The van der Waals surface area contributed by atoms with Crippen molar-refractivity contribution in [1.82, 2.24) is 0 Å². The van der Waals surface area contributed by atoms with Crippen molar-refractivity contribution in [3.05, 3.63) is 35.9 Å². The molecule has 0 spiro atoms. The molecule has 0 bridgehead atoms. The van der Waals surface area contributed by atoms with E-state index >= 15 is 0 Å².